The molecule has 15 heavy (non-hydrogen) atoms. The van der Waals surface area contributed by atoms with E-state index >= 15 is 0 Å². The summed E-state index contributed by atoms with van der Waals surface area (Å²) in [6, 6.07) is 0. The Bertz CT molecular complexity index is 228. The zero-order chi connectivity index (χ0) is 11.5. The van der Waals surface area contributed by atoms with Crippen molar-refractivity contribution in [2.45, 2.75) is 32.3 Å². The molecule has 0 aromatic heterocycles. The second-order valence-corrected chi connectivity index (χ2v) is 4.63. The van der Waals surface area contributed by atoms with E-state index in [4.69, 9.17) is 9.84 Å². The molecule has 1 unspecified atom stereocenters. The summed E-state index contributed by atoms with van der Waals surface area (Å²) in [5, 5.41) is 8.83. The van der Waals surface area contributed by atoms with Gasteiger partial charge in [-0.05, 0) is 32.6 Å². The number of methoxy groups -OCH3 is 1. The number of carbonyl (C=O) groups excluding carboxylic acids is 1. The molecule has 1 aliphatic rings. The van der Waals surface area contributed by atoms with Crippen LogP contribution in [0.3, 0.4) is 0 Å². The summed E-state index contributed by atoms with van der Waals surface area (Å²) < 4.78 is 5.17. The summed E-state index contributed by atoms with van der Waals surface area (Å²) in [6.07, 6.45) is 1.78. The monoisotopic (exact) mass is 215 g/mol. The van der Waals surface area contributed by atoms with Crippen molar-refractivity contribution in [3.05, 3.63) is 0 Å². The second kappa shape index (κ2) is 4.94. The highest BCUT2D eigenvalue weighted by Gasteiger charge is 2.35. The lowest BCUT2D eigenvalue weighted by molar-refractivity contribution is -0.150. The van der Waals surface area contributed by atoms with E-state index in [9.17, 15) is 4.79 Å². The Morgan fingerprint density at radius 3 is 2.80 bits per heavy atom. The number of amides is 1. The average molecular weight is 215 g/mol. The molecule has 1 heterocycles. The Morgan fingerprint density at radius 1 is 1.60 bits per heavy atom. The average Bonchev–Trinajstić information content (AvgIpc) is 2.66. The number of ether oxygens (including phenoxy) is 1. The first-order chi connectivity index (χ1) is 7.01. The highest BCUT2D eigenvalue weighted by molar-refractivity contribution is 5.84. The normalized spacial score (nSPS) is 22.1. The number of nitrogens with zero attached hydrogens (tertiary/aromatic N) is 1. The van der Waals surface area contributed by atoms with Crippen molar-refractivity contribution in [3.8, 4) is 0 Å². The lowest BCUT2D eigenvalue weighted by Gasteiger charge is -2.27. The van der Waals surface area contributed by atoms with Crippen LogP contribution in [0.25, 0.3) is 0 Å². The molecule has 1 aliphatic heterocycles. The van der Waals surface area contributed by atoms with Gasteiger partial charge in [0.15, 0.2) is 0 Å². The Balaban J connectivity index is 2.50. The predicted octanol–water partition coefficient (Wildman–Crippen LogP) is 0.642. The van der Waals surface area contributed by atoms with Crippen molar-refractivity contribution < 1.29 is 14.6 Å². The van der Waals surface area contributed by atoms with Crippen LogP contribution in [0.5, 0.6) is 0 Å². The van der Waals surface area contributed by atoms with Crippen LogP contribution < -0.4 is 0 Å². The van der Waals surface area contributed by atoms with Crippen molar-refractivity contribution in [2.75, 3.05) is 26.8 Å². The minimum Gasteiger partial charge on any atom is -0.396 e. The van der Waals surface area contributed by atoms with Crippen LogP contribution in [0.1, 0.15) is 26.7 Å². The van der Waals surface area contributed by atoms with E-state index in [0.29, 0.717) is 5.92 Å². The molecule has 0 aromatic carbocycles. The van der Waals surface area contributed by atoms with E-state index in [2.05, 4.69) is 0 Å². The fourth-order valence-electron chi connectivity index (χ4n) is 1.90. The summed E-state index contributed by atoms with van der Waals surface area (Å²) in [5.74, 6) is 0.497. The molecule has 0 saturated carbocycles. The standard InChI is InChI=1S/C11H21NO3/c1-11(2,15-3)10(14)12-6-4-9(8-12)5-7-13/h9,13H,4-8H2,1-3H3. The third kappa shape index (κ3) is 2.92. The van der Waals surface area contributed by atoms with Crippen LogP contribution in [-0.2, 0) is 9.53 Å². The molecule has 0 bridgehead atoms. The van der Waals surface area contributed by atoms with E-state index in [0.717, 1.165) is 25.9 Å². The van der Waals surface area contributed by atoms with Gasteiger partial charge < -0.3 is 14.7 Å². The fraction of sp³-hybridized carbons (Fsp3) is 0.909. The topological polar surface area (TPSA) is 49.8 Å². The first kappa shape index (κ1) is 12.5. The van der Waals surface area contributed by atoms with Crippen molar-refractivity contribution in [3.63, 3.8) is 0 Å². The van der Waals surface area contributed by atoms with Gasteiger partial charge in [0.2, 0.25) is 0 Å². The maximum Gasteiger partial charge on any atom is 0.254 e. The van der Waals surface area contributed by atoms with Crippen LogP contribution in [0.4, 0.5) is 0 Å². The molecule has 1 saturated heterocycles. The van der Waals surface area contributed by atoms with Crippen LogP contribution in [0.2, 0.25) is 0 Å². The molecular weight excluding hydrogens is 194 g/mol. The van der Waals surface area contributed by atoms with Gasteiger partial charge in [-0.15, -0.1) is 0 Å². The lowest BCUT2D eigenvalue weighted by Crippen LogP contribution is -2.45. The van der Waals surface area contributed by atoms with Gasteiger partial charge in [0.05, 0.1) is 0 Å². The maximum absolute atomic E-state index is 12.0. The minimum absolute atomic E-state index is 0.0467. The van der Waals surface area contributed by atoms with Gasteiger partial charge in [-0.1, -0.05) is 0 Å². The van der Waals surface area contributed by atoms with Crippen molar-refractivity contribution in [2.24, 2.45) is 5.92 Å². The second-order valence-electron chi connectivity index (χ2n) is 4.63. The number of hydrogen-bond donors (Lipinski definition) is 1. The number of rotatable bonds is 4. The van der Waals surface area contributed by atoms with Gasteiger partial charge in [0.25, 0.3) is 5.91 Å². The summed E-state index contributed by atoms with van der Waals surface area (Å²) in [4.78, 5) is 13.8. The molecule has 1 atom stereocenters. The third-order valence-electron chi connectivity index (χ3n) is 3.14. The molecule has 0 spiro atoms. The number of carbonyl (C=O) groups is 1. The largest absolute Gasteiger partial charge is 0.396 e. The van der Waals surface area contributed by atoms with E-state index < -0.39 is 5.60 Å². The Morgan fingerprint density at radius 2 is 2.27 bits per heavy atom. The molecule has 88 valence electrons. The zero-order valence-electron chi connectivity index (χ0n) is 9.82. The van der Waals surface area contributed by atoms with Crippen molar-refractivity contribution >= 4 is 5.91 Å². The molecule has 4 nitrogen and oxygen atoms in total. The molecule has 0 aromatic rings. The molecule has 1 N–H and O–H groups in total. The quantitative estimate of drug-likeness (QED) is 0.749. The van der Waals surface area contributed by atoms with Gasteiger partial charge >= 0.3 is 0 Å². The molecule has 0 radical (unpaired) electrons. The molecule has 4 heteroatoms. The number of hydrogen-bond acceptors (Lipinski definition) is 3. The van der Waals surface area contributed by atoms with E-state index in [1.54, 1.807) is 21.0 Å². The predicted molar refractivity (Wildman–Crippen MR) is 57.5 cm³/mol. The van der Waals surface area contributed by atoms with Crippen LogP contribution >= 0.6 is 0 Å². The van der Waals surface area contributed by atoms with Crippen molar-refractivity contribution in [1.82, 2.24) is 4.90 Å². The minimum atomic E-state index is -0.728. The molecular formula is C11H21NO3. The Labute approximate surface area is 91.2 Å². The highest BCUT2D eigenvalue weighted by Crippen LogP contribution is 2.23. The molecule has 1 rings (SSSR count). The SMILES string of the molecule is COC(C)(C)C(=O)N1CCC(CCO)C1. The fourth-order valence-corrected chi connectivity index (χ4v) is 1.90. The number of likely N-dealkylation sites (tertiary alicyclic amines) is 1. The Hall–Kier alpha value is -0.610. The zero-order valence-corrected chi connectivity index (χ0v) is 9.82. The first-order valence-electron chi connectivity index (χ1n) is 5.46. The summed E-state index contributed by atoms with van der Waals surface area (Å²) >= 11 is 0. The summed E-state index contributed by atoms with van der Waals surface area (Å²) in [6.45, 7) is 5.33. The van der Waals surface area contributed by atoms with Crippen molar-refractivity contribution in [1.29, 1.82) is 0 Å². The summed E-state index contributed by atoms with van der Waals surface area (Å²) in [7, 11) is 1.55. The van der Waals surface area contributed by atoms with E-state index in [-0.39, 0.29) is 12.5 Å². The van der Waals surface area contributed by atoms with Gasteiger partial charge in [0.1, 0.15) is 5.60 Å². The van der Waals surface area contributed by atoms with Gasteiger partial charge in [0, 0.05) is 26.8 Å². The number of aliphatic hydroxyl groups is 1. The van der Waals surface area contributed by atoms with Crippen LogP contribution in [0.15, 0.2) is 0 Å². The van der Waals surface area contributed by atoms with E-state index in [1.165, 1.54) is 0 Å². The molecule has 1 fully saturated rings. The van der Waals surface area contributed by atoms with Crippen LogP contribution in [-0.4, -0.2) is 48.3 Å². The molecule has 0 aliphatic carbocycles. The van der Waals surface area contributed by atoms with E-state index in [1.807, 2.05) is 4.90 Å². The Kier molecular flexibility index (Phi) is 4.11. The smallest absolute Gasteiger partial charge is 0.254 e. The van der Waals surface area contributed by atoms with Gasteiger partial charge in [-0.3, -0.25) is 4.79 Å². The van der Waals surface area contributed by atoms with Crippen LogP contribution in [0, 0.1) is 5.92 Å². The summed E-state index contributed by atoms with van der Waals surface area (Å²) in [5.41, 5.74) is -0.728. The maximum atomic E-state index is 12.0. The molecule has 1 amide bonds. The van der Waals surface area contributed by atoms with Gasteiger partial charge in [-0.25, -0.2) is 0 Å². The lowest BCUT2D eigenvalue weighted by atomic mass is 10.1. The first-order valence-corrected chi connectivity index (χ1v) is 5.46. The number of aliphatic hydroxyl groups excluding tert-OH is 1. The highest BCUT2D eigenvalue weighted by atomic mass is 16.5. The third-order valence-corrected chi connectivity index (χ3v) is 3.14. The van der Waals surface area contributed by atoms with Gasteiger partial charge in [-0.2, -0.15) is 0 Å².